The molecule has 0 saturated heterocycles. The molecule has 130 valence electrons. The number of carbonyl (C=O) groups excluding carboxylic acids is 1. The van der Waals surface area contributed by atoms with Crippen molar-refractivity contribution in [3.8, 4) is 10.4 Å². The molecule has 4 nitrogen and oxygen atoms in total. The van der Waals surface area contributed by atoms with Gasteiger partial charge in [-0.1, -0.05) is 12.1 Å². The molecule has 2 heterocycles. The lowest BCUT2D eigenvalue weighted by Gasteiger charge is -2.22. The highest BCUT2D eigenvalue weighted by Gasteiger charge is 2.21. The van der Waals surface area contributed by atoms with Gasteiger partial charge >= 0.3 is 0 Å². The Balaban J connectivity index is 1.82. The van der Waals surface area contributed by atoms with E-state index >= 15 is 0 Å². The normalized spacial score (nSPS) is 11.6. The maximum Gasteiger partial charge on any atom is 0.266 e. The van der Waals surface area contributed by atoms with Crippen molar-refractivity contribution < 1.29 is 9.18 Å². The van der Waals surface area contributed by atoms with Gasteiger partial charge in [0.05, 0.1) is 16.1 Å². The van der Waals surface area contributed by atoms with Crippen molar-refractivity contribution in [3.05, 3.63) is 58.9 Å². The van der Waals surface area contributed by atoms with Crippen LogP contribution in [0.1, 0.15) is 36.1 Å². The van der Waals surface area contributed by atoms with E-state index in [-0.39, 0.29) is 17.3 Å². The van der Waals surface area contributed by atoms with Crippen LogP contribution in [0.5, 0.6) is 0 Å². The molecule has 0 fully saturated rings. The molecule has 0 bridgehead atoms. The number of thiophene rings is 1. The summed E-state index contributed by atoms with van der Waals surface area (Å²) in [7, 11) is 0. The quantitative estimate of drug-likeness (QED) is 0.712. The van der Waals surface area contributed by atoms with Crippen LogP contribution < -0.4 is 5.32 Å². The van der Waals surface area contributed by atoms with Gasteiger partial charge in [0.2, 0.25) is 0 Å². The van der Waals surface area contributed by atoms with Crippen LogP contribution in [0.15, 0.2) is 42.5 Å². The molecular formula is C19H20FN3OS. The fraction of sp³-hybridized carbons (Fsp3) is 0.263. The summed E-state index contributed by atoms with van der Waals surface area (Å²) in [4.78, 5) is 14.1. The van der Waals surface area contributed by atoms with Crippen LogP contribution in [0, 0.1) is 12.7 Å². The maximum absolute atomic E-state index is 13.0. The van der Waals surface area contributed by atoms with Crippen molar-refractivity contribution in [1.82, 2.24) is 9.78 Å². The third kappa shape index (κ3) is 3.79. The van der Waals surface area contributed by atoms with Gasteiger partial charge in [0, 0.05) is 10.9 Å². The minimum absolute atomic E-state index is 0.177. The first kappa shape index (κ1) is 17.4. The van der Waals surface area contributed by atoms with Gasteiger partial charge in [0.15, 0.2) is 0 Å². The first-order valence-electron chi connectivity index (χ1n) is 7.98. The van der Waals surface area contributed by atoms with Crippen LogP contribution >= 0.6 is 11.3 Å². The van der Waals surface area contributed by atoms with E-state index < -0.39 is 0 Å². The summed E-state index contributed by atoms with van der Waals surface area (Å²) in [5.74, 6) is 0.222. The molecular weight excluding hydrogens is 337 g/mol. The number of aryl methyl sites for hydroxylation is 1. The lowest BCUT2D eigenvalue weighted by atomic mass is 10.1. The Hall–Kier alpha value is -2.47. The Morgan fingerprint density at radius 1 is 1.16 bits per heavy atom. The lowest BCUT2D eigenvalue weighted by molar-refractivity contribution is 0.102. The number of amides is 1. The highest BCUT2D eigenvalue weighted by molar-refractivity contribution is 7.17. The van der Waals surface area contributed by atoms with E-state index in [1.165, 1.54) is 23.5 Å². The van der Waals surface area contributed by atoms with Crippen molar-refractivity contribution in [2.24, 2.45) is 0 Å². The molecule has 1 amide bonds. The number of aromatic nitrogens is 2. The molecule has 0 aliphatic rings. The molecule has 0 spiro atoms. The Labute approximate surface area is 150 Å². The van der Waals surface area contributed by atoms with Gasteiger partial charge in [-0.2, -0.15) is 5.10 Å². The molecule has 0 aliphatic heterocycles. The standard InChI is InChI=1S/C19H20FN3OS/c1-12-11-17(23(22-12)19(2,3)4)21-18(24)16-10-9-15(25-16)13-5-7-14(20)8-6-13/h5-11H,1-4H3,(H,21,24). The Kier molecular flexibility index (Phi) is 4.47. The summed E-state index contributed by atoms with van der Waals surface area (Å²) in [6.45, 7) is 8.00. The fourth-order valence-corrected chi connectivity index (χ4v) is 3.41. The highest BCUT2D eigenvalue weighted by atomic mass is 32.1. The van der Waals surface area contributed by atoms with Gasteiger partial charge < -0.3 is 5.32 Å². The number of hydrogen-bond acceptors (Lipinski definition) is 3. The topological polar surface area (TPSA) is 46.9 Å². The predicted octanol–water partition coefficient (Wildman–Crippen LogP) is 5.07. The Morgan fingerprint density at radius 3 is 2.48 bits per heavy atom. The van der Waals surface area contributed by atoms with Crippen molar-refractivity contribution in [3.63, 3.8) is 0 Å². The SMILES string of the molecule is Cc1cc(NC(=O)c2ccc(-c3ccc(F)cc3)s2)n(C(C)(C)C)n1. The summed E-state index contributed by atoms with van der Waals surface area (Å²) in [6.07, 6.45) is 0. The monoisotopic (exact) mass is 357 g/mol. The summed E-state index contributed by atoms with van der Waals surface area (Å²) < 4.78 is 14.9. The van der Waals surface area contributed by atoms with Crippen LogP contribution in [0.4, 0.5) is 10.2 Å². The third-order valence-electron chi connectivity index (χ3n) is 3.67. The number of anilines is 1. The number of benzene rings is 1. The molecule has 0 aliphatic carbocycles. The van der Waals surface area contributed by atoms with Crippen LogP contribution in [0.25, 0.3) is 10.4 Å². The van der Waals surface area contributed by atoms with Gasteiger partial charge in [-0.15, -0.1) is 11.3 Å². The van der Waals surface area contributed by atoms with E-state index in [1.807, 2.05) is 44.5 Å². The number of hydrogen-bond donors (Lipinski definition) is 1. The summed E-state index contributed by atoms with van der Waals surface area (Å²) in [6, 6.07) is 11.8. The highest BCUT2D eigenvalue weighted by Crippen LogP contribution is 2.29. The van der Waals surface area contributed by atoms with E-state index in [2.05, 4.69) is 10.4 Å². The van der Waals surface area contributed by atoms with Gasteiger partial charge in [-0.05, 0) is 57.5 Å². The molecule has 3 aromatic rings. The average molecular weight is 357 g/mol. The van der Waals surface area contributed by atoms with E-state index in [9.17, 15) is 9.18 Å². The first-order valence-corrected chi connectivity index (χ1v) is 8.80. The molecule has 25 heavy (non-hydrogen) atoms. The van der Waals surface area contributed by atoms with Gasteiger partial charge in [-0.25, -0.2) is 9.07 Å². The maximum atomic E-state index is 13.0. The zero-order chi connectivity index (χ0) is 18.2. The molecule has 1 N–H and O–H groups in total. The fourth-order valence-electron chi connectivity index (χ4n) is 2.51. The Morgan fingerprint density at radius 2 is 1.84 bits per heavy atom. The molecule has 0 saturated carbocycles. The van der Waals surface area contributed by atoms with Crippen molar-refractivity contribution in [2.75, 3.05) is 5.32 Å². The van der Waals surface area contributed by atoms with Crippen molar-refractivity contribution in [2.45, 2.75) is 33.2 Å². The van der Waals surface area contributed by atoms with E-state index in [4.69, 9.17) is 0 Å². The van der Waals surface area contributed by atoms with Crippen LogP contribution in [0.2, 0.25) is 0 Å². The van der Waals surface area contributed by atoms with Crippen LogP contribution in [-0.4, -0.2) is 15.7 Å². The number of nitrogens with zero attached hydrogens (tertiary/aromatic N) is 2. The van der Waals surface area contributed by atoms with Gasteiger partial charge in [0.1, 0.15) is 11.6 Å². The molecule has 1 aromatic carbocycles. The summed E-state index contributed by atoms with van der Waals surface area (Å²) in [5.41, 5.74) is 1.51. The molecule has 0 radical (unpaired) electrons. The Bertz CT molecular complexity index is 904. The summed E-state index contributed by atoms with van der Waals surface area (Å²) >= 11 is 1.38. The smallest absolute Gasteiger partial charge is 0.266 e. The minimum atomic E-state index is -0.274. The van der Waals surface area contributed by atoms with E-state index in [1.54, 1.807) is 18.2 Å². The van der Waals surface area contributed by atoms with Crippen LogP contribution in [0.3, 0.4) is 0 Å². The largest absolute Gasteiger partial charge is 0.306 e. The molecule has 0 unspecified atom stereocenters. The van der Waals surface area contributed by atoms with Crippen molar-refractivity contribution >= 4 is 23.1 Å². The summed E-state index contributed by atoms with van der Waals surface area (Å²) in [5, 5.41) is 7.40. The second kappa shape index (κ2) is 6.44. The van der Waals surface area contributed by atoms with E-state index in [0.717, 1.165) is 16.1 Å². The first-order chi connectivity index (χ1) is 11.7. The minimum Gasteiger partial charge on any atom is -0.306 e. The second-order valence-electron chi connectivity index (χ2n) is 6.88. The lowest BCUT2D eigenvalue weighted by Crippen LogP contribution is -2.26. The number of rotatable bonds is 3. The number of nitrogens with one attached hydrogen (secondary N) is 1. The van der Waals surface area contributed by atoms with Crippen LogP contribution in [-0.2, 0) is 5.54 Å². The second-order valence-corrected chi connectivity index (χ2v) is 7.96. The zero-order valence-corrected chi connectivity index (χ0v) is 15.4. The molecule has 3 rings (SSSR count). The average Bonchev–Trinajstić information content (AvgIpc) is 3.14. The number of halogens is 1. The molecule has 2 aromatic heterocycles. The van der Waals surface area contributed by atoms with Gasteiger partial charge in [0.25, 0.3) is 5.91 Å². The van der Waals surface area contributed by atoms with Crippen molar-refractivity contribution in [1.29, 1.82) is 0 Å². The third-order valence-corrected chi connectivity index (χ3v) is 4.80. The van der Waals surface area contributed by atoms with E-state index in [0.29, 0.717) is 10.7 Å². The number of carbonyl (C=O) groups is 1. The van der Waals surface area contributed by atoms with Gasteiger partial charge in [-0.3, -0.25) is 4.79 Å². The molecule has 0 atom stereocenters. The zero-order valence-electron chi connectivity index (χ0n) is 14.6. The predicted molar refractivity (Wildman–Crippen MR) is 99.6 cm³/mol. The molecule has 6 heteroatoms.